The number of hydrogen-bond acceptors (Lipinski definition) is 4. The molecule has 0 radical (unpaired) electrons. The third-order valence-corrected chi connectivity index (χ3v) is 0.933. The Hall–Kier alpha value is -0.610. The summed E-state index contributed by atoms with van der Waals surface area (Å²) in [7, 11) is 1.15. The molecule has 0 aliphatic carbocycles. The molecule has 0 aromatic carbocycles. The zero-order valence-electron chi connectivity index (χ0n) is 5.42. The molecule has 0 spiro atoms. The topological polar surface area (TPSA) is 66.8 Å². The molecule has 0 unspecified atom stereocenters. The highest BCUT2D eigenvalue weighted by Gasteiger charge is 2.29. The van der Waals surface area contributed by atoms with Crippen molar-refractivity contribution in [3.8, 4) is 0 Å². The van der Waals surface area contributed by atoms with Gasteiger partial charge in [0.25, 0.3) is 0 Å². The molecule has 0 saturated heterocycles. The van der Waals surface area contributed by atoms with Crippen molar-refractivity contribution in [3.63, 3.8) is 0 Å². The molecule has 0 aromatic rings. The van der Waals surface area contributed by atoms with Gasteiger partial charge in [0, 0.05) is 0 Å². The number of rotatable bonds is 2. The number of esters is 1. The highest BCUT2D eigenvalue weighted by Crippen LogP contribution is 2.02. The van der Waals surface area contributed by atoms with Gasteiger partial charge < -0.3 is 14.9 Å². The summed E-state index contributed by atoms with van der Waals surface area (Å²) in [6.45, 7) is 0.554. The van der Waals surface area contributed by atoms with Crippen LogP contribution in [0.25, 0.3) is 0 Å². The predicted octanol–water partition coefficient (Wildman–Crippen LogP) is -1.10. The van der Waals surface area contributed by atoms with Gasteiger partial charge >= 0.3 is 5.97 Å². The van der Waals surface area contributed by atoms with E-state index in [-0.39, 0.29) is 0 Å². The van der Waals surface area contributed by atoms with E-state index < -0.39 is 18.2 Å². The molecular weight excluding hydrogens is 124 g/mol. The van der Waals surface area contributed by atoms with Crippen LogP contribution in [0.3, 0.4) is 0 Å². The van der Waals surface area contributed by atoms with Crippen molar-refractivity contribution >= 4 is 5.97 Å². The van der Waals surface area contributed by atoms with Gasteiger partial charge in [-0.25, -0.2) is 4.79 Å². The summed E-state index contributed by atoms with van der Waals surface area (Å²) in [5, 5.41) is 17.2. The Morgan fingerprint density at radius 2 is 2.22 bits per heavy atom. The van der Waals surface area contributed by atoms with Gasteiger partial charge in [-0.1, -0.05) is 0 Å². The van der Waals surface area contributed by atoms with Gasteiger partial charge in [-0.2, -0.15) is 0 Å². The lowest BCUT2D eigenvalue weighted by Crippen LogP contribution is -2.39. The Morgan fingerprint density at radius 3 is 2.33 bits per heavy atom. The zero-order chi connectivity index (χ0) is 7.49. The second kappa shape index (κ2) is 2.80. The second-order valence-electron chi connectivity index (χ2n) is 1.92. The Morgan fingerprint density at radius 1 is 1.78 bits per heavy atom. The molecule has 2 N–H and O–H groups in total. The van der Waals surface area contributed by atoms with Crippen LogP contribution in [0.4, 0.5) is 0 Å². The van der Waals surface area contributed by atoms with Crippen molar-refractivity contribution < 1.29 is 19.7 Å². The van der Waals surface area contributed by atoms with Crippen molar-refractivity contribution in [1.82, 2.24) is 0 Å². The summed E-state index contributed by atoms with van der Waals surface area (Å²) in [5.74, 6) is -0.829. The predicted molar refractivity (Wildman–Crippen MR) is 29.7 cm³/mol. The van der Waals surface area contributed by atoms with Gasteiger partial charge in [-0.05, 0) is 6.92 Å². The minimum atomic E-state index is -1.76. The monoisotopic (exact) mass is 134 g/mol. The number of carbonyl (C=O) groups is 1. The second-order valence-corrected chi connectivity index (χ2v) is 1.92. The van der Waals surface area contributed by atoms with Crippen LogP contribution in [0.15, 0.2) is 0 Å². The quantitative estimate of drug-likeness (QED) is 0.470. The number of ether oxygens (including phenoxy) is 1. The Balaban J connectivity index is 3.97. The lowest BCUT2D eigenvalue weighted by molar-refractivity contribution is -0.164. The molecule has 0 aliphatic rings. The highest BCUT2D eigenvalue weighted by molar-refractivity contribution is 5.78. The summed E-state index contributed by atoms with van der Waals surface area (Å²) in [6, 6.07) is 0. The average Bonchev–Trinajstić information content (AvgIpc) is 1.86. The van der Waals surface area contributed by atoms with Crippen LogP contribution in [0.5, 0.6) is 0 Å². The van der Waals surface area contributed by atoms with Crippen LogP contribution in [-0.4, -0.2) is 35.5 Å². The lowest BCUT2D eigenvalue weighted by Gasteiger charge is -2.15. The largest absolute Gasteiger partial charge is 0.467 e. The van der Waals surface area contributed by atoms with E-state index in [2.05, 4.69) is 4.74 Å². The van der Waals surface area contributed by atoms with Crippen molar-refractivity contribution in [2.24, 2.45) is 0 Å². The maximum atomic E-state index is 10.4. The Labute approximate surface area is 53.1 Å². The van der Waals surface area contributed by atoms with Gasteiger partial charge in [0.15, 0.2) is 5.60 Å². The normalized spacial score (nSPS) is 16.4. The molecule has 54 valence electrons. The van der Waals surface area contributed by atoms with E-state index in [9.17, 15) is 4.79 Å². The van der Waals surface area contributed by atoms with E-state index >= 15 is 0 Å². The molecule has 1 atom stereocenters. The molecule has 0 heterocycles. The smallest absolute Gasteiger partial charge is 0.339 e. The molecule has 0 fully saturated rings. The molecule has 0 rings (SSSR count). The van der Waals surface area contributed by atoms with Gasteiger partial charge in [0.05, 0.1) is 13.7 Å². The van der Waals surface area contributed by atoms with E-state index in [0.717, 1.165) is 7.11 Å². The molecule has 0 amide bonds. The molecule has 0 bridgehead atoms. The zero-order valence-corrected chi connectivity index (χ0v) is 5.42. The summed E-state index contributed by atoms with van der Waals surface area (Å²) < 4.78 is 4.16. The van der Waals surface area contributed by atoms with Crippen molar-refractivity contribution in [3.05, 3.63) is 0 Å². The Kier molecular flexibility index (Phi) is 2.61. The first-order valence-electron chi connectivity index (χ1n) is 2.46. The number of aliphatic hydroxyl groups is 2. The summed E-state index contributed by atoms with van der Waals surface area (Å²) in [4.78, 5) is 10.4. The van der Waals surface area contributed by atoms with Crippen LogP contribution in [0.2, 0.25) is 0 Å². The van der Waals surface area contributed by atoms with Crippen LogP contribution in [0.1, 0.15) is 6.92 Å². The van der Waals surface area contributed by atoms with Crippen LogP contribution < -0.4 is 0 Å². The fourth-order valence-electron chi connectivity index (χ4n) is 0.284. The first kappa shape index (κ1) is 8.39. The highest BCUT2D eigenvalue weighted by atomic mass is 16.5. The molecular formula is C5H10O4. The van der Waals surface area contributed by atoms with Crippen molar-refractivity contribution in [1.29, 1.82) is 0 Å². The fraction of sp³-hybridized carbons (Fsp3) is 0.800. The van der Waals surface area contributed by atoms with Crippen LogP contribution >= 0.6 is 0 Å². The van der Waals surface area contributed by atoms with E-state index in [4.69, 9.17) is 10.2 Å². The fourth-order valence-corrected chi connectivity index (χ4v) is 0.284. The number of hydrogen-bond donors (Lipinski definition) is 2. The van der Waals surface area contributed by atoms with Gasteiger partial charge in [-0.3, -0.25) is 0 Å². The van der Waals surface area contributed by atoms with Crippen LogP contribution in [0, 0.1) is 0 Å². The van der Waals surface area contributed by atoms with Gasteiger partial charge in [-0.15, -0.1) is 0 Å². The molecule has 4 heteroatoms. The third kappa shape index (κ3) is 1.99. The first-order valence-corrected chi connectivity index (χ1v) is 2.46. The number of aliphatic hydroxyl groups excluding tert-OH is 1. The van der Waals surface area contributed by atoms with E-state index in [1.165, 1.54) is 6.92 Å². The van der Waals surface area contributed by atoms with E-state index in [1.807, 2.05) is 0 Å². The summed E-state index contributed by atoms with van der Waals surface area (Å²) in [6.07, 6.45) is 0. The standard InChI is InChI=1S/C5H10O4/c1-5(8,3-6)4(7)9-2/h6,8H,3H2,1-2H3/t5-/m0/s1. The van der Waals surface area contributed by atoms with Gasteiger partial charge in [0.2, 0.25) is 0 Å². The minimum Gasteiger partial charge on any atom is -0.467 e. The van der Waals surface area contributed by atoms with E-state index in [0.29, 0.717) is 0 Å². The van der Waals surface area contributed by atoms with E-state index in [1.54, 1.807) is 0 Å². The third-order valence-electron chi connectivity index (χ3n) is 0.933. The average molecular weight is 134 g/mol. The molecule has 9 heavy (non-hydrogen) atoms. The van der Waals surface area contributed by atoms with Crippen LogP contribution in [-0.2, 0) is 9.53 Å². The molecule has 0 aromatic heterocycles. The first-order chi connectivity index (χ1) is 4.04. The SMILES string of the molecule is COC(=O)[C@@](C)(O)CO. The molecule has 4 nitrogen and oxygen atoms in total. The van der Waals surface area contributed by atoms with Gasteiger partial charge in [0.1, 0.15) is 0 Å². The minimum absolute atomic E-state index is 0.625. The van der Waals surface area contributed by atoms with Crippen molar-refractivity contribution in [2.45, 2.75) is 12.5 Å². The molecule has 0 saturated carbocycles. The summed E-state index contributed by atoms with van der Waals surface area (Å²) in [5.41, 5.74) is -1.76. The maximum absolute atomic E-state index is 10.4. The van der Waals surface area contributed by atoms with Crippen molar-refractivity contribution in [2.75, 3.05) is 13.7 Å². The maximum Gasteiger partial charge on any atom is 0.339 e. The number of carbonyl (C=O) groups excluding carboxylic acids is 1. The Bertz CT molecular complexity index is 108. The summed E-state index contributed by atoms with van der Waals surface area (Å²) >= 11 is 0. The lowest BCUT2D eigenvalue weighted by atomic mass is 10.1. The molecule has 0 aliphatic heterocycles. The number of methoxy groups -OCH3 is 1.